The Kier molecular flexibility index (Phi) is 4.81. The number of hydrogen-bond acceptors (Lipinski definition) is 2. The van der Waals surface area contributed by atoms with Crippen LogP contribution >= 0.6 is 15.9 Å². The van der Waals surface area contributed by atoms with E-state index >= 15 is 0 Å². The Morgan fingerprint density at radius 1 is 1.12 bits per heavy atom. The summed E-state index contributed by atoms with van der Waals surface area (Å²) in [4.78, 5) is 25.1. The topological polar surface area (TPSA) is 58.2 Å². The number of fused-ring (bicyclic) bond motifs is 1. The zero-order chi connectivity index (χ0) is 18.1. The predicted octanol–water partition coefficient (Wildman–Crippen LogP) is 4.53. The van der Waals surface area contributed by atoms with Crippen LogP contribution in [0.15, 0.2) is 53.0 Å². The predicted molar refractivity (Wildman–Crippen MR) is 105 cm³/mol. The quantitative estimate of drug-likeness (QED) is 0.774. The summed E-state index contributed by atoms with van der Waals surface area (Å²) in [6.45, 7) is 0. The molecule has 134 valence electrons. The van der Waals surface area contributed by atoms with E-state index in [1.165, 1.54) is 6.42 Å². The first-order chi connectivity index (χ1) is 12.6. The summed E-state index contributed by atoms with van der Waals surface area (Å²) >= 11 is 3.47. The molecule has 1 fully saturated rings. The molecule has 4 rings (SSSR count). The molecular weight excluding hydrogens is 392 g/mol. The van der Waals surface area contributed by atoms with E-state index in [1.54, 1.807) is 0 Å². The van der Waals surface area contributed by atoms with Crippen LogP contribution < -0.4 is 10.6 Å². The Labute approximate surface area is 161 Å². The average Bonchev–Trinajstić information content (AvgIpc) is 2.59. The van der Waals surface area contributed by atoms with Crippen LogP contribution in [0.1, 0.15) is 48.8 Å². The van der Waals surface area contributed by atoms with Crippen LogP contribution in [0.5, 0.6) is 0 Å². The first-order valence-corrected chi connectivity index (χ1v) is 9.86. The molecule has 2 aliphatic rings. The van der Waals surface area contributed by atoms with Gasteiger partial charge < -0.3 is 10.6 Å². The highest BCUT2D eigenvalue weighted by molar-refractivity contribution is 9.10. The van der Waals surface area contributed by atoms with Crippen LogP contribution in [0.4, 0.5) is 5.69 Å². The average molecular weight is 413 g/mol. The highest BCUT2D eigenvalue weighted by Gasteiger charge is 2.35. The lowest BCUT2D eigenvalue weighted by molar-refractivity contribution is -0.127. The van der Waals surface area contributed by atoms with Crippen molar-refractivity contribution >= 4 is 33.4 Å². The maximum Gasteiger partial charge on any atom is 0.228 e. The zero-order valence-electron chi connectivity index (χ0n) is 14.4. The van der Waals surface area contributed by atoms with Crippen molar-refractivity contribution in [1.82, 2.24) is 5.32 Å². The molecule has 0 aromatic heterocycles. The van der Waals surface area contributed by atoms with Crippen molar-refractivity contribution in [3.8, 4) is 0 Å². The number of amides is 2. The standard InChI is InChI=1S/C21H21BrN2O2/c22-15-10-8-14(9-11-15)20(13-4-3-5-13)24-21(26)17-12-19(25)23-18-7-2-1-6-16(17)18/h1-2,6-11,13,17,20H,3-5,12H2,(H,23,25)(H,24,26). The van der Waals surface area contributed by atoms with Crippen molar-refractivity contribution in [3.63, 3.8) is 0 Å². The molecule has 1 saturated carbocycles. The number of benzene rings is 2. The third kappa shape index (κ3) is 3.40. The number of nitrogens with one attached hydrogen (secondary N) is 2. The first kappa shape index (κ1) is 17.3. The number of para-hydroxylation sites is 1. The number of carbonyl (C=O) groups excluding carboxylic acids is 2. The smallest absolute Gasteiger partial charge is 0.228 e. The van der Waals surface area contributed by atoms with Gasteiger partial charge in [0, 0.05) is 16.6 Å². The molecule has 2 unspecified atom stereocenters. The van der Waals surface area contributed by atoms with Crippen molar-refractivity contribution < 1.29 is 9.59 Å². The third-order valence-corrected chi connectivity index (χ3v) is 5.99. The van der Waals surface area contributed by atoms with Gasteiger partial charge in [-0.1, -0.05) is 52.7 Å². The minimum absolute atomic E-state index is 0.00139. The summed E-state index contributed by atoms with van der Waals surface area (Å²) in [7, 11) is 0. The molecule has 2 N–H and O–H groups in total. The molecular formula is C21H21BrN2O2. The van der Waals surface area contributed by atoms with E-state index in [9.17, 15) is 9.59 Å². The maximum atomic E-state index is 13.1. The Hall–Kier alpha value is -2.14. The minimum atomic E-state index is -0.432. The van der Waals surface area contributed by atoms with E-state index in [4.69, 9.17) is 0 Å². The number of anilines is 1. The molecule has 0 bridgehead atoms. The summed E-state index contributed by atoms with van der Waals surface area (Å²) < 4.78 is 1.03. The maximum absolute atomic E-state index is 13.1. The fourth-order valence-electron chi connectivity index (χ4n) is 3.82. The molecule has 0 spiro atoms. The van der Waals surface area contributed by atoms with E-state index in [1.807, 2.05) is 36.4 Å². The van der Waals surface area contributed by atoms with Gasteiger partial charge in [0.25, 0.3) is 0 Å². The Balaban J connectivity index is 1.59. The number of hydrogen-bond donors (Lipinski definition) is 2. The van der Waals surface area contributed by atoms with Crippen LogP contribution in [0, 0.1) is 5.92 Å². The van der Waals surface area contributed by atoms with Gasteiger partial charge in [0.1, 0.15) is 0 Å². The normalized spacial score (nSPS) is 20.5. The van der Waals surface area contributed by atoms with Gasteiger partial charge in [-0.2, -0.15) is 0 Å². The van der Waals surface area contributed by atoms with Crippen molar-refractivity contribution in [2.45, 2.75) is 37.6 Å². The van der Waals surface area contributed by atoms with Crippen molar-refractivity contribution in [2.24, 2.45) is 5.92 Å². The molecule has 0 saturated heterocycles. The van der Waals surface area contributed by atoms with E-state index in [2.05, 4.69) is 38.7 Å². The van der Waals surface area contributed by atoms with Gasteiger partial charge in [-0.25, -0.2) is 0 Å². The van der Waals surface area contributed by atoms with Gasteiger partial charge in [0.05, 0.1) is 12.0 Å². The fourth-order valence-corrected chi connectivity index (χ4v) is 4.08. The highest BCUT2D eigenvalue weighted by Crippen LogP contribution is 2.39. The van der Waals surface area contributed by atoms with Crippen LogP contribution in [0.25, 0.3) is 0 Å². The Morgan fingerprint density at radius 3 is 2.54 bits per heavy atom. The summed E-state index contributed by atoms with van der Waals surface area (Å²) in [5, 5.41) is 6.11. The van der Waals surface area contributed by atoms with Gasteiger partial charge in [-0.05, 0) is 48.1 Å². The van der Waals surface area contributed by atoms with Gasteiger partial charge in [0.15, 0.2) is 0 Å². The summed E-state index contributed by atoms with van der Waals surface area (Å²) in [5.74, 6) is -0.134. The molecule has 26 heavy (non-hydrogen) atoms. The van der Waals surface area contributed by atoms with Crippen molar-refractivity contribution in [2.75, 3.05) is 5.32 Å². The van der Waals surface area contributed by atoms with Gasteiger partial charge in [-0.3, -0.25) is 9.59 Å². The van der Waals surface area contributed by atoms with E-state index < -0.39 is 5.92 Å². The van der Waals surface area contributed by atoms with Gasteiger partial charge in [0.2, 0.25) is 11.8 Å². The molecule has 4 nitrogen and oxygen atoms in total. The third-order valence-electron chi connectivity index (χ3n) is 5.46. The second kappa shape index (κ2) is 7.23. The van der Waals surface area contributed by atoms with Gasteiger partial charge >= 0.3 is 0 Å². The van der Waals surface area contributed by atoms with Crippen LogP contribution in [0.2, 0.25) is 0 Å². The van der Waals surface area contributed by atoms with E-state index in [0.717, 1.165) is 34.1 Å². The highest BCUT2D eigenvalue weighted by atomic mass is 79.9. The van der Waals surface area contributed by atoms with Gasteiger partial charge in [-0.15, -0.1) is 0 Å². The monoisotopic (exact) mass is 412 g/mol. The molecule has 2 atom stereocenters. The van der Waals surface area contributed by atoms with Crippen LogP contribution in [-0.4, -0.2) is 11.8 Å². The van der Waals surface area contributed by atoms with Crippen molar-refractivity contribution in [3.05, 3.63) is 64.1 Å². The SMILES string of the molecule is O=C1CC(C(=O)NC(c2ccc(Br)cc2)C2CCC2)c2ccccc2N1. The fraction of sp³-hybridized carbons (Fsp3) is 0.333. The van der Waals surface area contributed by atoms with Crippen LogP contribution in [0.3, 0.4) is 0 Å². The molecule has 5 heteroatoms. The number of rotatable bonds is 4. The summed E-state index contributed by atoms with van der Waals surface area (Å²) in [6.07, 6.45) is 3.66. The first-order valence-electron chi connectivity index (χ1n) is 9.06. The lowest BCUT2D eigenvalue weighted by Crippen LogP contribution is -2.40. The Morgan fingerprint density at radius 2 is 1.85 bits per heavy atom. The number of carbonyl (C=O) groups is 2. The summed E-state index contributed by atoms with van der Waals surface area (Å²) in [5.41, 5.74) is 2.76. The molecule has 0 radical (unpaired) electrons. The lowest BCUT2D eigenvalue weighted by Gasteiger charge is -2.36. The molecule has 2 amide bonds. The minimum Gasteiger partial charge on any atom is -0.348 e. The largest absolute Gasteiger partial charge is 0.348 e. The lowest BCUT2D eigenvalue weighted by atomic mass is 9.76. The molecule has 2 aromatic rings. The second-order valence-corrected chi connectivity index (χ2v) is 8.04. The number of halogens is 1. The molecule has 1 aliphatic heterocycles. The van der Waals surface area contributed by atoms with E-state index in [-0.39, 0.29) is 24.3 Å². The van der Waals surface area contributed by atoms with Crippen LogP contribution in [-0.2, 0) is 9.59 Å². The summed E-state index contributed by atoms with van der Waals surface area (Å²) in [6, 6.07) is 15.7. The molecule has 1 heterocycles. The van der Waals surface area contributed by atoms with Crippen molar-refractivity contribution in [1.29, 1.82) is 0 Å². The molecule has 1 aliphatic carbocycles. The second-order valence-electron chi connectivity index (χ2n) is 7.12. The zero-order valence-corrected chi connectivity index (χ0v) is 16.0. The molecule has 2 aromatic carbocycles. The van der Waals surface area contributed by atoms with E-state index in [0.29, 0.717) is 5.92 Å². The Bertz CT molecular complexity index is 830.